The molecule has 0 bridgehead atoms. The number of carboxylic acids is 1. The van der Waals surface area contributed by atoms with Crippen molar-refractivity contribution in [3.8, 4) is 0 Å². The summed E-state index contributed by atoms with van der Waals surface area (Å²) in [5.41, 5.74) is 4.81. The van der Waals surface area contributed by atoms with Crippen molar-refractivity contribution in [1.82, 2.24) is 5.32 Å². The van der Waals surface area contributed by atoms with Crippen LogP contribution >= 0.6 is 24.8 Å². The van der Waals surface area contributed by atoms with Crippen LogP contribution in [0.3, 0.4) is 0 Å². The van der Waals surface area contributed by atoms with E-state index in [0.29, 0.717) is 25.8 Å². The molecule has 2 atom stereocenters. The van der Waals surface area contributed by atoms with E-state index in [-0.39, 0.29) is 37.1 Å². The highest BCUT2D eigenvalue weighted by molar-refractivity contribution is 6.40. The summed E-state index contributed by atoms with van der Waals surface area (Å²) in [4.78, 5) is 11.3. The van der Waals surface area contributed by atoms with Gasteiger partial charge >= 0.3 is 13.1 Å². The molecule has 0 amide bonds. The minimum absolute atomic E-state index is 0. The largest absolute Gasteiger partial charge is 0.480 e. The molecular weight excluding hydrogens is 294 g/mol. The lowest BCUT2D eigenvalue weighted by Gasteiger charge is -2.30. The second-order valence-electron chi connectivity index (χ2n) is 4.76. The van der Waals surface area contributed by atoms with Crippen LogP contribution in [0.5, 0.6) is 0 Å². The van der Waals surface area contributed by atoms with Crippen molar-refractivity contribution in [3.05, 3.63) is 0 Å². The van der Waals surface area contributed by atoms with Crippen molar-refractivity contribution in [1.29, 1.82) is 0 Å². The molecule has 0 aromatic heterocycles. The third kappa shape index (κ3) is 6.29. The summed E-state index contributed by atoms with van der Waals surface area (Å²) in [5.74, 6) is -1.00. The number of nitrogens with two attached hydrogens (primary N) is 1. The maximum atomic E-state index is 11.3. The van der Waals surface area contributed by atoms with Crippen molar-refractivity contribution in [2.24, 2.45) is 11.7 Å². The summed E-state index contributed by atoms with van der Waals surface area (Å²) in [6.45, 7) is 1.46. The van der Waals surface area contributed by atoms with Crippen molar-refractivity contribution >= 4 is 37.9 Å². The molecule has 1 rings (SSSR count). The van der Waals surface area contributed by atoms with Gasteiger partial charge in [0.15, 0.2) is 0 Å². The number of rotatable bonds is 7. The first kappa shape index (κ1) is 21.3. The third-order valence-electron chi connectivity index (χ3n) is 3.49. The zero-order chi connectivity index (χ0) is 12.9. The Balaban J connectivity index is 0. The standard InChI is InChI=1S/C10H21BN2O4.2ClH/c12-10(9(14)15,8-3-6-13-7-8)4-1-2-5-11(16)17;;/h8,13,16-17H,1-7,12H2,(H,14,15);2*1H. The highest BCUT2D eigenvalue weighted by Crippen LogP contribution is 2.27. The average Bonchev–Trinajstić information content (AvgIpc) is 2.77. The molecule has 1 fully saturated rings. The first-order valence-corrected chi connectivity index (χ1v) is 6.06. The van der Waals surface area contributed by atoms with E-state index in [1.54, 1.807) is 0 Å². The van der Waals surface area contributed by atoms with Crippen LogP contribution in [0.2, 0.25) is 6.32 Å². The lowest BCUT2D eigenvalue weighted by Crippen LogP contribution is -2.54. The normalized spacial score (nSPS) is 20.9. The molecule has 1 heterocycles. The third-order valence-corrected chi connectivity index (χ3v) is 3.49. The zero-order valence-electron chi connectivity index (χ0n) is 10.7. The van der Waals surface area contributed by atoms with Gasteiger partial charge in [-0.2, -0.15) is 0 Å². The molecule has 2 unspecified atom stereocenters. The molecule has 1 saturated heterocycles. The average molecular weight is 317 g/mol. The molecule has 19 heavy (non-hydrogen) atoms. The Morgan fingerprint density at radius 3 is 2.42 bits per heavy atom. The minimum atomic E-state index is -1.32. The molecule has 9 heteroatoms. The van der Waals surface area contributed by atoms with Gasteiger partial charge in [0.2, 0.25) is 0 Å². The molecule has 0 aromatic rings. The molecule has 1 aliphatic heterocycles. The Morgan fingerprint density at radius 2 is 2.00 bits per heavy atom. The quantitative estimate of drug-likeness (QED) is 0.330. The summed E-state index contributed by atoms with van der Waals surface area (Å²) in [5, 5.41) is 29.8. The molecule has 114 valence electrons. The predicted molar refractivity (Wildman–Crippen MR) is 78.9 cm³/mol. The molecular formula is C10H23BCl2N2O4. The summed E-state index contributed by atoms with van der Waals surface area (Å²) in [6, 6.07) is 0. The van der Waals surface area contributed by atoms with E-state index in [0.717, 1.165) is 13.0 Å². The first-order chi connectivity index (χ1) is 7.97. The van der Waals surface area contributed by atoms with Crippen LogP contribution in [0.25, 0.3) is 0 Å². The maximum Gasteiger partial charge on any atom is 0.451 e. The Bertz CT molecular complexity index is 268. The van der Waals surface area contributed by atoms with Gasteiger partial charge in [0.05, 0.1) is 0 Å². The molecule has 0 spiro atoms. The number of nitrogens with one attached hydrogen (secondary N) is 1. The Hall–Kier alpha value is -0.0451. The van der Waals surface area contributed by atoms with Crippen LogP contribution in [-0.2, 0) is 4.79 Å². The summed E-state index contributed by atoms with van der Waals surface area (Å²) < 4.78 is 0. The molecule has 1 aliphatic rings. The number of aliphatic carboxylic acids is 1. The van der Waals surface area contributed by atoms with Crippen LogP contribution in [0.4, 0.5) is 0 Å². The fraction of sp³-hybridized carbons (Fsp3) is 0.900. The smallest absolute Gasteiger partial charge is 0.451 e. The number of halogens is 2. The van der Waals surface area contributed by atoms with Crippen LogP contribution in [0, 0.1) is 5.92 Å². The summed E-state index contributed by atoms with van der Waals surface area (Å²) >= 11 is 0. The highest BCUT2D eigenvalue weighted by Gasteiger charge is 2.42. The second kappa shape index (κ2) is 9.80. The van der Waals surface area contributed by atoms with Crippen LogP contribution in [0.15, 0.2) is 0 Å². The number of carbonyl (C=O) groups is 1. The van der Waals surface area contributed by atoms with Crippen molar-refractivity contribution in [2.45, 2.75) is 37.5 Å². The molecule has 6 nitrogen and oxygen atoms in total. The molecule has 0 aromatic carbocycles. The van der Waals surface area contributed by atoms with E-state index >= 15 is 0 Å². The second-order valence-corrected chi connectivity index (χ2v) is 4.76. The number of hydrogen-bond acceptors (Lipinski definition) is 5. The van der Waals surface area contributed by atoms with Gasteiger partial charge in [-0.15, -0.1) is 24.8 Å². The number of hydrogen-bond donors (Lipinski definition) is 5. The van der Waals surface area contributed by atoms with Crippen LogP contribution in [0.1, 0.15) is 25.7 Å². The Morgan fingerprint density at radius 1 is 1.37 bits per heavy atom. The number of unbranched alkanes of at least 4 members (excludes halogenated alkanes) is 1. The molecule has 0 aliphatic carbocycles. The van der Waals surface area contributed by atoms with Crippen molar-refractivity contribution in [2.75, 3.05) is 13.1 Å². The fourth-order valence-electron chi connectivity index (χ4n) is 2.32. The Kier molecular flexibility index (Phi) is 11.0. The monoisotopic (exact) mass is 316 g/mol. The zero-order valence-corrected chi connectivity index (χ0v) is 12.4. The molecule has 0 saturated carbocycles. The molecule has 6 N–H and O–H groups in total. The lowest BCUT2D eigenvalue weighted by atomic mass is 9.77. The highest BCUT2D eigenvalue weighted by atomic mass is 35.5. The van der Waals surface area contributed by atoms with E-state index < -0.39 is 18.6 Å². The van der Waals surface area contributed by atoms with Gasteiger partial charge in [0, 0.05) is 12.5 Å². The van der Waals surface area contributed by atoms with Crippen LogP contribution in [-0.4, -0.2) is 46.9 Å². The van der Waals surface area contributed by atoms with E-state index in [1.165, 1.54) is 0 Å². The van der Waals surface area contributed by atoms with Gasteiger partial charge in [0.1, 0.15) is 5.54 Å². The maximum absolute atomic E-state index is 11.3. The topological polar surface area (TPSA) is 116 Å². The lowest BCUT2D eigenvalue weighted by molar-refractivity contribution is -0.145. The van der Waals surface area contributed by atoms with Gasteiger partial charge in [-0.1, -0.05) is 12.8 Å². The van der Waals surface area contributed by atoms with E-state index in [2.05, 4.69) is 5.32 Å². The van der Waals surface area contributed by atoms with Gasteiger partial charge < -0.3 is 26.2 Å². The van der Waals surface area contributed by atoms with Gasteiger partial charge in [0.25, 0.3) is 0 Å². The summed E-state index contributed by atoms with van der Waals surface area (Å²) in [6.07, 6.45) is 2.59. The van der Waals surface area contributed by atoms with Crippen molar-refractivity contribution < 1.29 is 19.9 Å². The van der Waals surface area contributed by atoms with Gasteiger partial charge in [-0.25, -0.2) is 0 Å². The Labute approximate surface area is 126 Å². The summed E-state index contributed by atoms with van der Waals surface area (Å²) in [7, 11) is -1.32. The number of carboxylic acid groups (broad SMARTS) is 1. The van der Waals surface area contributed by atoms with E-state index in [4.69, 9.17) is 15.8 Å². The first-order valence-electron chi connectivity index (χ1n) is 6.06. The SMILES string of the molecule is Cl.Cl.NC(CCCCB(O)O)(C(=O)O)C1CCNC1. The molecule has 0 radical (unpaired) electrons. The van der Waals surface area contributed by atoms with Crippen LogP contribution < -0.4 is 11.1 Å². The van der Waals surface area contributed by atoms with E-state index in [1.807, 2.05) is 0 Å². The fourth-order valence-corrected chi connectivity index (χ4v) is 2.32. The predicted octanol–water partition coefficient (Wildman–Crippen LogP) is -0.135. The van der Waals surface area contributed by atoms with E-state index in [9.17, 15) is 9.90 Å². The van der Waals surface area contributed by atoms with Crippen molar-refractivity contribution in [3.63, 3.8) is 0 Å². The minimum Gasteiger partial charge on any atom is -0.480 e. The van der Waals surface area contributed by atoms with Gasteiger partial charge in [-0.3, -0.25) is 4.79 Å². The van der Waals surface area contributed by atoms with Gasteiger partial charge in [-0.05, 0) is 25.7 Å².